The molecule has 1 heterocycles. The van der Waals surface area contributed by atoms with Crippen LogP contribution in [0.4, 0.5) is 8.78 Å². The maximum absolute atomic E-state index is 12.3. The first-order valence-corrected chi connectivity index (χ1v) is 7.87. The summed E-state index contributed by atoms with van der Waals surface area (Å²) < 4.78 is 30.7. The number of aromatic nitrogens is 2. The highest BCUT2D eigenvalue weighted by atomic mass is 19.3. The van der Waals surface area contributed by atoms with Gasteiger partial charge in [-0.25, -0.2) is 0 Å². The molecule has 0 saturated carbocycles. The minimum atomic E-state index is -2.83. The lowest BCUT2D eigenvalue weighted by molar-refractivity contribution is -0.122. The number of halogens is 2. The number of hydrogen-bond acceptors (Lipinski definition) is 3. The molecule has 0 bridgehead atoms. The number of hydrogen-bond donors (Lipinski definition) is 1. The predicted octanol–water partition coefficient (Wildman–Crippen LogP) is 2.99. The number of nitrogens with zero attached hydrogens (tertiary/aromatic N) is 2. The van der Waals surface area contributed by atoms with E-state index in [0.29, 0.717) is 0 Å². The van der Waals surface area contributed by atoms with Crippen LogP contribution < -0.4 is 10.1 Å². The Balaban J connectivity index is 1.68. The highest BCUT2D eigenvalue weighted by Gasteiger charge is 2.22. The number of amides is 1. The van der Waals surface area contributed by atoms with Crippen molar-refractivity contribution in [1.82, 2.24) is 15.1 Å². The van der Waals surface area contributed by atoms with E-state index in [0.717, 1.165) is 36.0 Å². The van der Waals surface area contributed by atoms with Gasteiger partial charge >= 0.3 is 6.61 Å². The van der Waals surface area contributed by atoms with Crippen LogP contribution in [0.1, 0.15) is 35.6 Å². The maximum atomic E-state index is 12.3. The van der Waals surface area contributed by atoms with E-state index in [1.54, 1.807) is 23.0 Å². The molecule has 0 radical (unpaired) electrons. The van der Waals surface area contributed by atoms with Crippen molar-refractivity contribution in [3.63, 3.8) is 0 Å². The molecule has 0 saturated heterocycles. The van der Waals surface area contributed by atoms with E-state index < -0.39 is 6.61 Å². The standard InChI is InChI=1S/C17H19F2N3O2/c1-11-8-20-22(9-11)10-16(23)21-15-4-2-3-12-7-13(24-17(18)19)5-6-14(12)15/h5-9,15,17H,2-4,10H2,1H3,(H,21,23)/t15-/m1/s1. The molecular weight excluding hydrogens is 316 g/mol. The van der Waals surface area contributed by atoms with Gasteiger partial charge in [0.15, 0.2) is 0 Å². The summed E-state index contributed by atoms with van der Waals surface area (Å²) in [5, 5.41) is 7.10. The van der Waals surface area contributed by atoms with E-state index in [1.165, 1.54) is 6.07 Å². The van der Waals surface area contributed by atoms with Gasteiger partial charge in [-0.2, -0.15) is 13.9 Å². The van der Waals surface area contributed by atoms with Crippen LogP contribution in [0.15, 0.2) is 30.6 Å². The number of aryl methyl sites for hydroxylation is 2. The zero-order valence-corrected chi connectivity index (χ0v) is 13.3. The summed E-state index contributed by atoms with van der Waals surface area (Å²) >= 11 is 0. The van der Waals surface area contributed by atoms with Crippen molar-refractivity contribution in [3.05, 3.63) is 47.3 Å². The third-order valence-corrected chi connectivity index (χ3v) is 4.06. The van der Waals surface area contributed by atoms with Crippen LogP contribution in [0, 0.1) is 6.92 Å². The number of benzene rings is 1. The molecule has 0 fully saturated rings. The van der Waals surface area contributed by atoms with E-state index >= 15 is 0 Å². The van der Waals surface area contributed by atoms with Gasteiger partial charge in [-0.05, 0) is 55.0 Å². The summed E-state index contributed by atoms with van der Waals surface area (Å²) in [5.41, 5.74) is 2.91. The van der Waals surface area contributed by atoms with Crippen molar-refractivity contribution < 1.29 is 18.3 Å². The molecule has 1 N–H and O–H groups in total. The lowest BCUT2D eigenvalue weighted by atomic mass is 9.87. The summed E-state index contributed by atoms with van der Waals surface area (Å²) in [5.74, 6) is 0.0339. The number of carbonyl (C=O) groups excluding carboxylic acids is 1. The van der Waals surface area contributed by atoms with Crippen LogP contribution in [0.3, 0.4) is 0 Å². The molecule has 0 spiro atoms. The Kier molecular flexibility index (Phi) is 4.78. The average Bonchev–Trinajstić information content (AvgIpc) is 2.91. The van der Waals surface area contributed by atoms with Crippen LogP contribution in [0.5, 0.6) is 5.75 Å². The third kappa shape index (κ3) is 3.90. The van der Waals surface area contributed by atoms with E-state index in [9.17, 15) is 13.6 Å². The van der Waals surface area contributed by atoms with Crippen molar-refractivity contribution in [2.24, 2.45) is 0 Å². The molecule has 1 aliphatic carbocycles. The van der Waals surface area contributed by atoms with Gasteiger partial charge in [-0.3, -0.25) is 9.48 Å². The van der Waals surface area contributed by atoms with Gasteiger partial charge in [0.2, 0.25) is 5.91 Å². The molecular formula is C17H19F2N3O2. The smallest absolute Gasteiger partial charge is 0.387 e. The fourth-order valence-corrected chi connectivity index (χ4v) is 3.06. The van der Waals surface area contributed by atoms with Crippen molar-refractivity contribution >= 4 is 5.91 Å². The van der Waals surface area contributed by atoms with Gasteiger partial charge in [-0.1, -0.05) is 6.07 Å². The van der Waals surface area contributed by atoms with Crippen LogP contribution >= 0.6 is 0 Å². The minimum absolute atomic E-state index is 0.112. The first-order chi connectivity index (χ1) is 11.5. The normalized spacial score (nSPS) is 16.8. The third-order valence-electron chi connectivity index (χ3n) is 4.06. The fourth-order valence-electron chi connectivity index (χ4n) is 3.06. The fraction of sp³-hybridized carbons (Fsp3) is 0.412. The number of nitrogens with one attached hydrogen (secondary N) is 1. The number of fused-ring (bicyclic) bond motifs is 1. The zero-order valence-electron chi connectivity index (χ0n) is 13.3. The quantitative estimate of drug-likeness (QED) is 0.914. The maximum Gasteiger partial charge on any atom is 0.387 e. The summed E-state index contributed by atoms with van der Waals surface area (Å²) in [7, 11) is 0. The number of ether oxygens (including phenoxy) is 1. The van der Waals surface area contributed by atoms with Gasteiger partial charge in [-0.15, -0.1) is 0 Å². The highest BCUT2D eigenvalue weighted by Crippen LogP contribution is 2.32. The molecule has 7 heteroatoms. The molecule has 5 nitrogen and oxygen atoms in total. The Morgan fingerprint density at radius 2 is 2.33 bits per heavy atom. The molecule has 0 aliphatic heterocycles. The SMILES string of the molecule is Cc1cnn(CC(=O)N[C@@H]2CCCc3cc(OC(F)F)ccc32)c1. The van der Waals surface area contributed by atoms with Crippen LogP contribution in [0.2, 0.25) is 0 Å². The Morgan fingerprint density at radius 3 is 3.04 bits per heavy atom. The molecule has 1 aliphatic rings. The van der Waals surface area contributed by atoms with Crippen molar-refractivity contribution in [2.45, 2.75) is 45.4 Å². The van der Waals surface area contributed by atoms with Gasteiger partial charge in [0, 0.05) is 6.20 Å². The Hall–Kier alpha value is -2.44. The number of rotatable bonds is 5. The number of alkyl halides is 2. The highest BCUT2D eigenvalue weighted by molar-refractivity contribution is 5.76. The molecule has 128 valence electrons. The van der Waals surface area contributed by atoms with Crippen LogP contribution in [0.25, 0.3) is 0 Å². The summed E-state index contributed by atoms with van der Waals surface area (Å²) in [6.45, 7) is -0.760. The van der Waals surface area contributed by atoms with E-state index in [4.69, 9.17) is 0 Å². The monoisotopic (exact) mass is 335 g/mol. The topological polar surface area (TPSA) is 56.2 Å². The molecule has 1 amide bonds. The largest absolute Gasteiger partial charge is 0.435 e. The van der Waals surface area contributed by atoms with E-state index in [-0.39, 0.29) is 24.2 Å². The van der Waals surface area contributed by atoms with Gasteiger partial charge in [0.25, 0.3) is 0 Å². The summed E-state index contributed by atoms with van der Waals surface area (Å²) in [6, 6.07) is 4.80. The van der Waals surface area contributed by atoms with Crippen molar-refractivity contribution in [2.75, 3.05) is 0 Å². The van der Waals surface area contributed by atoms with Gasteiger partial charge in [0.1, 0.15) is 12.3 Å². The predicted molar refractivity (Wildman–Crippen MR) is 83.9 cm³/mol. The average molecular weight is 335 g/mol. The Labute approximate surface area is 138 Å². The zero-order chi connectivity index (χ0) is 17.1. The second kappa shape index (κ2) is 6.98. The van der Waals surface area contributed by atoms with Gasteiger partial charge < -0.3 is 10.1 Å². The second-order valence-electron chi connectivity index (χ2n) is 5.97. The molecule has 1 aromatic carbocycles. The Bertz CT molecular complexity index is 730. The molecule has 24 heavy (non-hydrogen) atoms. The lowest BCUT2D eigenvalue weighted by Gasteiger charge is -2.27. The first-order valence-electron chi connectivity index (χ1n) is 7.87. The minimum Gasteiger partial charge on any atom is -0.435 e. The van der Waals surface area contributed by atoms with Crippen molar-refractivity contribution in [1.29, 1.82) is 0 Å². The first kappa shape index (κ1) is 16.4. The second-order valence-corrected chi connectivity index (χ2v) is 5.97. The van der Waals surface area contributed by atoms with E-state index in [1.807, 2.05) is 13.1 Å². The number of carbonyl (C=O) groups is 1. The molecule has 0 unspecified atom stereocenters. The molecule has 1 aromatic heterocycles. The van der Waals surface area contributed by atoms with Crippen LogP contribution in [-0.2, 0) is 17.8 Å². The van der Waals surface area contributed by atoms with Crippen molar-refractivity contribution in [3.8, 4) is 5.75 Å². The lowest BCUT2D eigenvalue weighted by Crippen LogP contribution is -2.33. The molecule has 1 atom stereocenters. The summed E-state index contributed by atoms with van der Waals surface area (Å²) in [4.78, 5) is 12.2. The molecule has 3 rings (SSSR count). The van der Waals surface area contributed by atoms with Gasteiger partial charge in [0.05, 0.1) is 12.2 Å². The van der Waals surface area contributed by atoms with Crippen LogP contribution in [-0.4, -0.2) is 22.3 Å². The Morgan fingerprint density at radius 1 is 1.50 bits per heavy atom. The van der Waals surface area contributed by atoms with E-state index in [2.05, 4.69) is 15.2 Å². The summed E-state index contributed by atoms with van der Waals surface area (Å²) in [6.07, 6.45) is 6.01. The molecule has 2 aromatic rings.